The van der Waals surface area contributed by atoms with Gasteiger partial charge < -0.3 is 14.7 Å². The normalized spacial score (nSPS) is 17.7. The number of ether oxygens (including phenoxy) is 1. The molecule has 1 atom stereocenters. The maximum Gasteiger partial charge on any atom is 0.248 e. The Morgan fingerprint density at radius 3 is 2.41 bits per heavy atom. The van der Waals surface area contributed by atoms with Crippen molar-refractivity contribution in [3.8, 4) is 0 Å². The molecule has 1 aromatic rings. The fourth-order valence-corrected chi connectivity index (χ4v) is 2.53. The van der Waals surface area contributed by atoms with Crippen molar-refractivity contribution < 1.29 is 14.6 Å². The topological polar surface area (TPSA) is 53.0 Å². The number of carbonyl (C=O) groups excluding carboxylic acids is 1. The Morgan fingerprint density at radius 1 is 1.18 bits per heavy atom. The standard InChI is InChI=1S/C17H26N2O3/c1-14(2)22-13-17(21)19-10-8-18(9-11-19)12-16(20)15-6-4-3-5-7-15/h3-7,14,16,20H,8-13H2,1-2H3. The predicted molar refractivity (Wildman–Crippen MR) is 85.5 cm³/mol. The van der Waals surface area contributed by atoms with E-state index < -0.39 is 6.10 Å². The van der Waals surface area contributed by atoms with Gasteiger partial charge in [-0.1, -0.05) is 30.3 Å². The molecule has 1 heterocycles. The van der Waals surface area contributed by atoms with Crippen molar-refractivity contribution in [1.82, 2.24) is 9.80 Å². The lowest BCUT2D eigenvalue weighted by Crippen LogP contribution is -2.50. The molecule has 22 heavy (non-hydrogen) atoms. The monoisotopic (exact) mass is 306 g/mol. The molecule has 1 N–H and O–H groups in total. The fourth-order valence-electron chi connectivity index (χ4n) is 2.53. The van der Waals surface area contributed by atoms with E-state index >= 15 is 0 Å². The van der Waals surface area contributed by atoms with E-state index in [1.54, 1.807) is 0 Å². The Morgan fingerprint density at radius 2 is 1.82 bits per heavy atom. The Balaban J connectivity index is 1.74. The van der Waals surface area contributed by atoms with E-state index in [4.69, 9.17) is 4.74 Å². The first kappa shape index (κ1) is 16.9. The van der Waals surface area contributed by atoms with Gasteiger partial charge in [0.05, 0.1) is 12.2 Å². The molecule has 0 radical (unpaired) electrons. The lowest BCUT2D eigenvalue weighted by atomic mass is 10.1. The van der Waals surface area contributed by atoms with Crippen molar-refractivity contribution in [2.75, 3.05) is 39.3 Å². The summed E-state index contributed by atoms with van der Waals surface area (Å²) in [5.41, 5.74) is 0.936. The highest BCUT2D eigenvalue weighted by molar-refractivity contribution is 5.77. The molecule has 1 aliphatic heterocycles. The summed E-state index contributed by atoms with van der Waals surface area (Å²) in [4.78, 5) is 16.0. The minimum atomic E-state index is -0.479. The number of benzene rings is 1. The lowest BCUT2D eigenvalue weighted by molar-refractivity contribution is -0.139. The minimum absolute atomic E-state index is 0.0527. The van der Waals surface area contributed by atoms with Gasteiger partial charge in [-0.25, -0.2) is 0 Å². The molecule has 1 aromatic carbocycles. The third-order valence-corrected chi connectivity index (χ3v) is 3.88. The molecule has 0 aliphatic carbocycles. The number of aliphatic hydroxyl groups is 1. The average molecular weight is 306 g/mol. The second-order valence-electron chi connectivity index (χ2n) is 5.97. The van der Waals surface area contributed by atoms with Crippen LogP contribution in [0.3, 0.4) is 0 Å². The summed E-state index contributed by atoms with van der Waals surface area (Å²) in [6, 6.07) is 9.69. The van der Waals surface area contributed by atoms with E-state index in [9.17, 15) is 9.90 Å². The Labute approximate surface area is 132 Å². The molecule has 1 unspecified atom stereocenters. The van der Waals surface area contributed by atoms with Crippen LogP contribution in [-0.4, -0.2) is 66.2 Å². The smallest absolute Gasteiger partial charge is 0.248 e. The number of hydrogen-bond donors (Lipinski definition) is 1. The first-order valence-corrected chi connectivity index (χ1v) is 7.91. The maximum atomic E-state index is 12.0. The molecule has 5 heteroatoms. The van der Waals surface area contributed by atoms with Crippen LogP contribution in [0.4, 0.5) is 0 Å². The number of amides is 1. The van der Waals surface area contributed by atoms with Gasteiger partial charge in [0, 0.05) is 32.7 Å². The van der Waals surface area contributed by atoms with Crippen molar-refractivity contribution >= 4 is 5.91 Å². The van der Waals surface area contributed by atoms with Gasteiger partial charge >= 0.3 is 0 Å². The fraction of sp³-hybridized carbons (Fsp3) is 0.588. The third kappa shape index (κ3) is 5.09. The van der Waals surface area contributed by atoms with E-state index in [-0.39, 0.29) is 18.6 Å². The van der Waals surface area contributed by atoms with Gasteiger partial charge in [0.25, 0.3) is 0 Å². The summed E-state index contributed by atoms with van der Waals surface area (Å²) in [6.07, 6.45) is -0.404. The third-order valence-electron chi connectivity index (χ3n) is 3.88. The molecular weight excluding hydrogens is 280 g/mol. The van der Waals surface area contributed by atoms with Crippen LogP contribution in [0.1, 0.15) is 25.5 Å². The van der Waals surface area contributed by atoms with Crippen LogP contribution >= 0.6 is 0 Å². The summed E-state index contributed by atoms with van der Waals surface area (Å²) in [7, 11) is 0. The number of hydrogen-bond acceptors (Lipinski definition) is 4. The summed E-state index contributed by atoms with van der Waals surface area (Å²) >= 11 is 0. The second kappa shape index (κ2) is 8.27. The van der Waals surface area contributed by atoms with Gasteiger partial charge in [-0.05, 0) is 19.4 Å². The Kier molecular flexibility index (Phi) is 6.36. The van der Waals surface area contributed by atoms with Crippen LogP contribution in [-0.2, 0) is 9.53 Å². The SMILES string of the molecule is CC(C)OCC(=O)N1CCN(CC(O)c2ccccc2)CC1. The number of aliphatic hydroxyl groups excluding tert-OH is 1. The van der Waals surface area contributed by atoms with Gasteiger partial charge in [-0.15, -0.1) is 0 Å². The van der Waals surface area contributed by atoms with Crippen LogP contribution in [0.25, 0.3) is 0 Å². The number of rotatable bonds is 6. The molecule has 0 spiro atoms. The van der Waals surface area contributed by atoms with E-state index in [0.29, 0.717) is 19.6 Å². The van der Waals surface area contributed by atoms with E-state index in [0.717, 1.165) is 18.7 Å². The predicted octanol–water partition coefficient (Wildman–Crippen LogP) is 1.29. The van der Waals surface area contributed by atoms with Crippen LogP contribution in [0.5, 0.6) is 0 Å². The number of piperazine rings is 1. The largest absolute Gasteiger partial charge is 0.387 e. The van der Waals surface area contributed by atoms with Crippen molar-refractivity contribution in [3.63, 3.8) is 0 Å². The van der Waals surface area contributed by atoms with Gasteiger partial charge in [0.15, 0.2) is 0 Å². The zero-order valence-corrected chi connectivity index (χ0v) is 13.4. The summed E-state index contributed by atoms with van der Waals surface area (Å²) in [6.45, 7) is 7.59. The average Bonchev–Trinajstić information content (AvgIpc) is 2.54. The molecule has 1 fully saturated rings. The summed E-state index contributed by atoms with van der Waals surface area (Å²) in [5, 5.41) is 10.3. The van der Waals surface area contributed by atoms with E-state index in [1.807, 2.05) is 49.1 Å². The van der Waals surface area contributed by atoms with Crippen molar-refractivity contribution in [2.45, 2.75) is 26.1 Å². The molecule has 122 valence electrons. The molecule has 1 aliphatic rings. The lowest BCUT2D eigenvalue weighted by Gasteiger charge is -2.35. The highest BCUT2D eigenvalue weighted by Gasteiger charge is 2.23. The number of carbonyl (C=O) groups is 1. The van der Waals surface area contributed by atoms with Crippen molar-refractivity contribution in [2.24, 2.45) is 0 Å². The molecule has 1 amide bonds. The first-order valence-electron chi connectivity index (χ1n) is 7.91. The van der Waals surface area contributed by atoms with Gasteiger partial charge in [-0.3, -0.25) is 9.69 Å². The van der Waals surface area contributed by atoms with E-state index in [2.05, 4.69) is 4.90 Å². The highest BCUT2D eigenvalue weighted by Crippen LogP contribution is 2.15. The van der Waals surface area contributed by atoms with E-state index in [1.165, 1.54) is 0 Å². The molecule has 5 nitrogen and oxygen atoms in total. The van der Waals surface area contributed by atoms with Crippen molar-refractivity contribution in [1.29, 1.82) is 0 Å². The first-order chi connectivity index (χ1) is 10.6. The van der Waals surface area contributed by atoms with Crippen molar-refractivity contribution in [3.05, 3.63) is 35.9 Å². The molecule has 0 aromatic heterocycles. The number of β-amino-alcohol motifs (C(OH)–C–C–N with tert-alkyl or cyclic N) is 1. The van der Waals surface area contributed by atoms with Crippen LogP contribution < -0.4 is 0 Å². The molecule has 0 saturated carbocycles. The molecule has 1 saturated heterocycles. The van der Waals surface area contributed by atoms with Crippen LogP contribution in [0.2, 0.25) is 0 Å². The quantitative estimate of drug-likeness (QED) is 0.860. The minimum Gasteiger partial charge on any atom is -0.387 e. The summed E-state index contributed by atoms with van der Waals surface area (Å²) in [5.74, 6) is 0.0527. The number of nitrogens with zero attached hydrogens (tertiary/aromatic N) is 2. The Hall–Kier alpha value is -1.43. The highest BCUT2D eigenvalue weighted by atomic mass is 16.5. The molecule has 2 rings (SSSR count). The van der Waals surface area contributed by atoms with Gasteiger partial charge in [0.2, 0.25) is 5.91 Å². The van der Waals surface area contributed by atoms with Gasteiger partial charge in [-0.2, -0.15) is 0 Å². The molecular formula is C17H26N2O3. The zero-order valence-electron chi connectivity index (χ0n) is 13.4. The summed E-state index contributed by atoms with van der Waals surface area (Å²) < 4.78 is 5.36. The maximum absolute atomic E-state index is 12.0. The second-order valence-corrected chi connectivity index (χ2v) is 5.97. The Bertz CT molecular complexity index is 456. The van der Waals surface area contributed by atoms with Gasteiger partial charge in [0.1, 0.15) is 6.61 Å². The van der Waals surface area contributed by atoms with Crippen LogP contribution in [0, 0.1) is 0 Å². The molecule has 0 bridgehead atoms. The van der Waals surface area contributed by atoms with Crippen LogP contribution in [0.15, 0.2) is 30.3 Å². The zero-order chi connectivity index (χ0) is 15.9.